The van der Waals surface area contributed by atoms with Crippen molar-refractivity contribution in [1.29, 1.82) is 0 Å². The van der Waals surface area contributed by atoms with E-state index in [2.05, 4.69) is 15.6 Å². The second-order valence-corrected chi connectivity index (χ2v) is 6.02. The van der Waals surface area contributed by atoms with E-state index < -0.39 is 0 Å². The third kappa shape index (κ3) is 4.47. The summed E-state index contributed by atoms with van der Waals surface area (Å²) in [5, 5.41) is 5.79. The SMILES string of the molecule is Cn1ccnc1C(NC(=O)NCCc1cccc(F)c1)c1ccccc1. The number of nitrogens with one attached hydrogen (secondary N) is 2. The molecule has 0 aliphatic rings. The molecule has 0 spiro atoms. The van der Waals surface area contributed by atoms with Gasteiger partial charge in [0.2, 0.25) is 0 Å². The highest BCUT2D eigenvalue weighted by atomic mass is 19.1. The van der Waals surface area contributed by atoms with E-state index in [0.29, 0.717) is 13.0 Å². The molecule has 3 aromatic rings. The van der Waals surface area contributed by atoms with Crippen LogP contribution in [0.5, 0.6) is 0 Å². The maximum absolute atomic E-state index is 13.2. The third-order valence-corrected chi connectivity index (χ3v) is 4.11. The van der Waals surface area contributed by atoms with Gasteiger partial charge in [-0.05, 0) is 29.7 Å². The molecule has 6 heteroatoms. The first-order valence-corrected chi connectivity index (χ1v) is 8.44. The quantitative estimate of drug-likeness (QED) is 0.716. The average molecular weight is 352 g/mol. The maximum Gasteiger partial charge on any atom is 0.315 e. The van der Waals surface area contributed by atoms with Crippen LogP contribution in [0.2, 0.25) is 0 Å². The predicted octanol–water partition coefficient (Wildman–Crippen LogP) is 3.19. The molecule has 0 saturated carbocycles. The summed E-state index contributed by atoms with van der Waals surface area (Å²) in [5.41, 5.74) is 1.79. The molecule has 2 N–H and O–H groups in total. The molecule has 26 heavy (non-hydrogen) atoms. The Bertz CT molecular complexity index is 863. The van der Waals surface area contributed by atoms with Gasteiger partial charge in [-0.15, -0.1) is 0 Å². The lowest BCUT2D eigenvalue weighted by Gasteiger charge is -2.19. The molecular weight excluding hydrogens is 331 g/mol. The lowest BCUT2D eigenvalue weighted by atomic mass is 10.1. The number of nitrogens with zero attached hydrogens (tertiary/aromatic N) is 2. The van der Waals surface area contributed by atoms with Crippen molar-refractivity contribution in [2.75, 3.05) is 6.54 Å². The van der Waals surface area contributed by atoms with Crippen molar-refractivity contribution >= 4 is 6.03 Å². The summed E-state index contributed by atoms with van der Waals surface area (Å²) in [5.74, 6) is 0.474. The standard InChI is InChI=1S/C20H21FN4O/c1-25-13-12-22-19(25)18(16-7-3-2-4-8-16)24-20(26)23-11-10-15-6-5-9-17(21)14-15/h2-9,12-14,18H,10-11H2,1H3,(H2,23,24,26). The molecule has 0 radical (unpaired) electrons. The summed E-state index contributed by atoms with van der Waals surface area (Å²) in [7, 11) is 1.89. The van der Waals surface area contributed by atoms with E-state index in [1.54, 1.807) is 12.3 Å². The summed E-state index contributed by atoms with van der Waals surface area (Å²) in [6, 6.07) is 15.4. The van der Waals surface area contributed by atoms with Crippen LogP contribution in [0.1, 0.15) is 23.0 Å². The molecule has 0 aliphatic heterocycles. The number of aryl methyl sites for hydroxylation is 1. The van der Waals surface area contributed by atoms with Crippen LogP contribution >= 0.6 is 0 Å². The second kappa shape index (κ2) is 8.29. The Balaban J connectivity index is 1.63. The van der Waals surface area contributed by atoms with Crippen molar-refractivity contribution in [3.8, 4) is 0 Å². The number of hydrogen-bond acceptors (Lipinski definition) is 2. The Morgan fingerprint density at radius 1 is 1.19 bits per heavy atom. The van der Waals surface area contributed by atoms with Gasteiger partial charge in [-0.3, -0.25) is 0 Å². The summed E-state index contributed by atoms with van der Waals surface area (Å²) in [4.78, 5) is 16.7. The smallest absolute Gasteiger partial charge is 0.315 e. The van der Waals surface area contributed by atoms with Gasteiger partial charge in [0.25, 0.3) is 0 Å². The average Bonchev–Trinajstić information content (AvgIpc) is 3.06. The molecule has 3 rings (SSSR count). The maximum atomic E-state index is 13.2. The molecule has 2 aromatic carbocycles. The third-order valence-electron chi connectivity index (χ3n) is 4.11. The molecule has 1 heterocycles. The second-order valence-electron chi connectivity index (χ2n) is 6.02. The summed E-state index contributed by atoms with van der Waals surface area (Å²) >= 11 is 0. The van der Waals surface area contributed by atoms with E-state index in [-0.39, 0.29) is 17.9 Å². The van der Waals surface area contributed by atoms with Crippen LogP contribution in [-0.2, 0) is 13.5 Å². The van der Waals surface area contributed by atoms with E-state index in [4.69, 9.17) is 0 Å². The van der Waals surface area contributed by atoms with Gasteiger partial charge < -0.3 is 15.2 Å². The summed E-state index contributed by atoms with van der Waals surface area (Å²) < 4.78 is 15.1. The molecular formula is C20H21FN4O. The first-order chi connectivity index (χ1) is 12.6. The highest BCUT2D eigenvalue weighted by Gasteiger charge is 2.20. The van der Waals surface area contributed by atoms with Crippen molar-refractivity contribution in [1.82, 2.24) is 20.2 Å². The van der Waals surface area contributed by atoms with Gasteiger partial charge in [0.05, 0.1) is 0 Å². The Morgan fingerprint density at radius 3 is 2.69 bits per heavy atom. The molecule has 0 bridgehead atoms. The number of urea groups is 1. The van der Waals surface area contributed by atoms with E-state index in [0.717, 1.165) is 17.0 Å². The number of carbonyl (C=O) groups excluding carboxylic acids is 1. The minimum absolute atomic E-state index is 0.272. The Labute approximate surface area is 151 Å². The Morgan fingerprint density at radius 2 is 2.00 bits per heavy atom. The number of aromatic nitrogens is 2. The molecule has 0 saturated heterocycles. The molecule has 5 nitrogen and oxygen atoms in total. The molecule has 1 unspecified atom stereocenters. The van der Waals surface area contributed by atoms with Crippen molar-refractivity contribution in [2.24, 2.45) is 7.05 Å². The normalized spacial score (nSPS) is 11.8. The van der Waals surface area contributed by atoms with Gasteiger partial charge in [-0.1, -0.05) is 42.5 Å². The van der Waals surface area contributed by atoms with Gasteiger partial charge in [0, 0.05) is 26.0 Å². The van der Waals surface area contributed by atoms with Gasteiger partial charge >= 0.3 is 6.03 Å². The zero-order valence-corrected chi connectivity index (χ0v) is 14.5. The van der Waals surface area contributed by atoms with Crippen molar-refractivity contribution in [3.05, 3.63) is 89.8 Å². The summed E-state index contributed by atoms with van der Waals surface area (Å²) in [6.45, 7) is 0.414. The van der Waals surface area contributed by atoms with Crippen LogP contribution in [-0.4, -0.2) is 22.1 Å². The zero-order chi connectivity index (χ0) is 18.4. The lowest BCUT2D eigenvalue weighted by molar-refractivity contribution is 0.238. The van der Waals surface area contributed by atoms with Crippen LogP contribution < -0.4 is 10.6 Å². The Hall–Kier alpha value is -3.15. The number of carbonyl (C=O) groups is 1. The number of rotatable bonds is 6. The van der Waals surface area contributed by atoms with Gasteiger partial charge in [0.15, 0.2) is 0 Å². The van der Waals surface area contributed by atoms with Crippen LogP contribution in [0.3, 0.4) is 0 Å². The number of hydrogen-bond donors (Lipinski definition) is 2. The first-order valence-electron chi connectivity index (χ1n) is 8.44. The van der Waals surface area contributed by atoms with Crippen LogP contribution in [0.4, 0.5) is 9.18 Å². The number of imidazole rings is 1. The van der Waals surface area contributed by atoms with E-state index in [1.165, 1.54) is 12.1 Å². The lowest BCUT2D eigenvalue weighted by Crippen LogP contribution is -2.40. The van der Waals surface area contributed by atoms with Crippen LogP contribution in [0.25, 0.3) is 0 Å². The first kappa shape index (κ1) is 17.7. The van der Waals surface area contributed by atoms with Crippen molar-refractivity contribution < 1.29 is 9.18 Å². The molecule has 0 fully saturated rings. The van der Waals surface area contributed by atoms with E-state index >= 15 is 0 Å². The monoisotopic (exact) mass is 352 g/mol. The van der Waals surface area contributed by atoms with Crippen LogP contribution in [0.15, 0.2) is 67.0 Å². The van der Waals surface area contributed by atoms with Crippen LogP contribution in [0, 0.1) is 5.82 Å². The molecule has 2 amide bonds. The fraction of sp³-hybridized carbons (Fsp3) is 0.200. The van der Waals surface area contributed by atoms with Crippen molar-refractivity contribution in [2.45, 2.75) is 12.5 Å². The topological polar surface area (TPSA) is 59.0 Å². The number of benzene rings is 2. The van der Waals surface area contributed by atoms with Gasteiger partial charge in [0.1, 0.15) is 17.7 Å². The minimum Gasteiger partial charge on any atom is -0.338 e. The Kier molecular flexibility index (Phi) is 5.63. The molecule has 1 atom stereocenters. The number of halogens is 1. The summed E-state index contributed by atoms with van der Waals surface area (Å²) in [6.07, 6.45) is 4.10. The zero-order valence-electron chi connectivity index (χ0n) is 14.5. The predicted molar refractivity (Wildman–Crippen MR) is 98.1 cm³/mol. The minimum atomic E-state index is -0.356. The van der Waals surface area contributed by atoms with Crippen molar-refractivity contribution in [3.63, 3.8) is 0 Å². The molecule has 0 aliphatic carbocycles. The van der Waals surface area contributed by atoms with Gasteiger partial charge in [-0.2, -0.15) is 0 Å². The largest absolute Gasteiger partial charge is 0.338 e. The van der Waals surface area contributed by atoms with E-state index in [1.807, 2.05) is 54.2 Å². The van der Waals surface area contributed by atoms with E-state index in [9.17, 15) is 9.18 Å². The highest BCUT2D eigenvalue weighted by molar-refractivity contribution is 5.74. The fourth-order valence-corrected chi connectivity index (χ4v) is 2.79. The van der Waals surface area contributed by atoms with Gasteiger partial charge in [-0.25, -0.2) is 14.2 Å². The highest BCUT2D eigenvalue weighted by Crippen LogP contribution is 2.19. The fourth-order valence-electron chi connectivity index (χ4n) is 2.79. The molecule has 1 aromatic heterocycles. The number of amides is 2. The molecule has 134 valence electrons.